The minimum Gasteiger partial charge on any atom is -0.496 e. The zero-order chi connectivity index (χ0) is 13.3. The molecule has 3 N–H and O–H groups in total. The molecule has 0 radical (unpaired) electrons. The van der Waals surface area contributed by atoms with Crippen molar-refractivity contribution < 1.29 is 9.53 Å². The van der Waals surface area contributed by atoms with Crippen molar-refractivity contribution in [3.8, 4) is 5.75 Å². The number of nitrogens with two attached hydrogens (primary N) is 1. The van der Waals surface area contributed by atoms with Gasteiger partial charge in [0.2, 0.25) is 5.91 Å². The summed E-state index contributed by atoms with van der Waals surface area (Å²) >= 11 is 0. The molecule has 0 aliphatic heterocycles. The number of carbonyl (C=O) groups is 1. The van der Waals surface area contributed by atoms with Gasteiger partial charge in [0.25, 0.3) is 0 Å². The third kappa shape index (κ3) is 1.97. The second kappa shape index (κ2) is 4.61. The van der Waals surface area contributed by atoms with Crippen LogP contribution in [0.25, 0.3) is 0 Å². The van der Waals surface area contributed by atoms with E-state index >= 15 is 0 Å². The summed E-state index contributed by atoms with van der Waals surface area (Å²) in [5.74, 6) is 6.40. The van der Waals surface area contributed by atoms with Gasteiger partial charge in [-0.25, -0.2) is 5.84 Å². The van der Waals surface area contributed by atoms with Gasteiger partial charge in [-0.05, 0) is 36.0 Å². The molecule has 98 valence electrons. The Kier molecular flexibility index (Phi) is 3.30. The molecule has 0 spiro atoms. The van der Waals surface area contributed by atoms with Crippen molar-refractivity contribution in [2.75, 3.05) is 7.11 Å². The van der Waals surface area contributed by atoms with E-state index in [-0.39, 0.29) is 5.91 Å². The van der Waals surface area contributed by atoms with E-state index in [0.29, 0.717) is 5.92 Å². The lowest BCUT2D eigenvalue weighted by atomic mass is 9.90. The predicted molar refractivity (Wildman–Crippen MR) is 70.3 cm³/mol. The summed E-state index contributed by atoms with van der Waals surface area (Å²) in [6.07, 6.45) is 1.72. The standard InChI is InChI=1S/C14H20N2O2/c1-9(2)11-8-10(4-5-12(11)18-3)14(6-7-14)13(17)16-15/h4-5,8-9H,6-7,15H2,1-3H3,(H,16,17). The molecular weight excluding hydrogens is 228 g/mol. The number of hydrazine groups is 1. The molecule has 0 unspecified atom stereocenters. The maximum atomic E-state index is 11.9. The quantitative estimate of drug-likeness (QED) is 0.485. The first-order chi connectivity index (χ1) is 8.55. The first kappa shape index (κ1) is 12.9. The Bertz CT molecular complexity index is 465. The van der Waals surface area contributed by atoms with Crippen molar-refractivity contribution in [2.24, 2.45) is 5.84 Å². The molecule has 18 heavy (non-hydrogen) atoms. The Morgan fingerprint density at radius 1 is 1.44 bits per heavy atom. The number of hydrogen-bond acceptors (Lipinski definition) is 3. The molecule has 1 amide bonds. The lowest BCUT2D eigenvalue weighted by Crippen LogP contribution is -2.39. The van der Waals surface area contributed by atoms with E-state index in [1.165, 1.54) is 0 Å². The lowest BCUT2D eigenvalue weighted by Gasteiger charge is -2.18. The second-order valence-corrected chi connectivity index (χ2v) is 5.17. The number of benzene rings is 1. The van der Waals surface area contributed by atoms with Gasteiger partial charge in [0.15, 0.2) is 0 Å². The first-order valence-corrected chi connectivity index (χ1v) is 6.24. The number of methoxy groups -OCH3 is 1. The molecule has 1 aliphatic rings. The molecule has 1 aliphatic carbocycles. The van der Waals surface area contributed by atoms with Crippen molar-refractivity contribution in [1.82, 2.24) is 5.43 Å². The maximum absolute atomic E-state index is 11.9. The number of nitrogens with one attached hydrogen (secondary N) is 1. The van der Waals surface area contributed by atoms with E-state index in [1.54, 1.807) is 7.11 Å². The zero-order valence-corrected chi connectivity index (χ0v) is 11.1. The summed E-state index contributed by atoms with van der Waals surface area (Å²) in [6, 6.07) is 5.98. The Labute approximate surface area is 107 Å². The Morgan fingerprint density at radius 3 is 2.56 bits per heavy atom. The van der Waals surface area contributed by atoms with E-state index < -0.39 is 5.41 Å². The van der Waals surface area contributed by atoms with E-state index in [1.807, 2.05) is 12.1 Å². The number of amides is 1. The monoisotopic (exact) mass is 248 g/mol. The fraction of sp³-hybridized carbons (Fsp3) is 0.500. The Hall–Kier alpha value is -1.55. The van der Waals surface area contributed by atoms with Gasteiger partial charge < -0.3 is 4.74 Å². The molecule has 1 saturated carbocycles. The van der Waals surface area contributed by atoms with Crippen LogP contribution in [0.15, 0.2) is 18.2 Å². The van der Waals surface area contributed by atoms with Crippen molar-refractivity contribution >= 4 is 5.91 Å². The fourth-order valence-electron chi connectivity index (χ4n) is 2.39. The fourth-order valence-corrected chi connectivity index (χ4v) is 2.39. The molecule has 4 heteroatoms. The van der Waals surface area contributed by atoms with Gasteiger partial charge in [-0.15, -0.1) is 0 Å². The molecular formula is C14H20N2O2. The lowest BCUT2D eigenvalue weighted by molar-refractivity contribution is -0.123. The summed E-state index contributed by atoms with van der Waals surface area (Å²) < 4.78 is 5.36. The van der Waals surface area contributed by atoms with Crippen molar-refractivity contribution in [1.29, 1.82) is 0 Å². The van der Waals surface area contributed by atoms with Crippen molar-refractivity contribution in [3.63, 3.8) is 0 Å². The van der Waals surface area contributed by atoms with Crippen LogP contribution in [0.3, 0.4) is 0 Å². The van der Waals surface area contributed by atoms with Crippen LogP contribution in [0.2, 0.25) is 0 Å². The summed E-state index contributed by atoms with van der Waals surface area (Å²) in [7, 11) is 1.67. The highest BCUT2D eigenvalue weighted by atomic mass is 16.5. The first-order valence-electron chi connectivity index (χ1n) is 6.24. The van der Waals surface area contributed by atoms with Crippen LogP contribution in [-0.4, -0.2) is 13.0 Å². The highest BCUT2D eigenvalue weighted by molar-refractivity contribution is 5.90. The van der Waals surface area contributed by atoms with E-state index in [4.69, 9.17) is 10.6 Å². The van der Waals surface area contributed by atoms with Crippen molar-refractivity contribution in [3.05, 3.63) is 29.3 Å². The largest absolute Gasteiger partial charge is 0.496 e. The normalized spacial score (nSPS) is 16.5. The average Bonchev–Trinajstić information content (AvgIpc) is 3.18. The Balaban J connectivity index is 2.42. The highest BCUT2D eigenvalue weighted by Crippen LogP contribution is 2.49. The molecule has 0 saturated heterocycles. The molecule has 0 bridgehead atoms. The van der Waals surface area contributed by atoms with Gasteiger partial charge in [0, 0.05) is 0 Å². The average molecular weight is 248 g/mol. The number of hydrogen-bond donors (Lipinski definition) is 2. The van der Waals surface area contributed by atoms with Crippen LogP contribution < -0.4 is 16.0 Å². The number of carbonyl (C=O) groups excluding carboxylic acids is 1. The number of ether oxygens (including phenoxy) is 1. The minimum atomic E-state index is -0.412. The maximum Gasteiger partial charge on any atom is 0.244 e. The molecule has 0 heterocycles. The van der Waals surface area contributed by atoms with E-state index in [0.717, 1.165) is 29.7 Å². The van der Waals surface area contributed by atoms with Gasteiger partial charge in [0.1, 0.15) is 5.75 Å². The van der Waals surface area contributed by atoms with Crippen LogP contribution >= 0.6 is 0 Å². The van der Waals surface area contributed by atoms with Gasteiger partial charge >= 0.3 is 0 Å². The number of rotatable bonds is 4. The molecule has 1 aromatic carbocycles. The van der Waals surface area contributed by atoms with Gasteiger partial charge in [-0.3, -0.25) is 10.2 Å². The summed E-state index contributed by atoms with van der Waals surface area (Å²) in [4.78, 5) is 11.9. The van der Waals surface area contributed by atoms with Crippen LogP contribution in [0.5, 0.6) is 5.75 Å². The van der Waals surface area contributed by atoms with E-state index in [2.05, 4.69) is 25.3 Å². The zero-order valence-electron chi connectivity index (χ0n) is 11.1. The van der Waals surface area contributed by atoms with Crippen LogP contribution in [0.1, 0.15) is 43.7 Å². The SMILES string of the molecule is COc1ccc(C2(C(=O)NN)CC2)cc1C(C)C. The Morgan fingerprint density at radius 2 is 2.11 bits per heavy atom. The molecule has 4 nitrogen and oxygen atoms in total. The summed E-state index contributed by atoms with van der Waals surface area (Å²) in [5.41, 5.74) is 4.03. The third-order valence-corrected chi connectivity index (χ3v) is 3.72. The molecule has 1 fully saturated rings. The van der Waals surface area contributed by atoms with Gasteiger partial charge in [-0.2, -0.15) is 0 Å². The van der Waals surface area contributed by atoms with Crippen LogP contribution in [0.4, 0.5) is 0 Å². The smallest absolute Gasteiger partial charge is 0.244 e. The molecule has 0 atom stereocenters. The summed E-state index contributed by atoms with van der Waals surface area (Å²) in [6.45, 7) is 4.23. The van der Waals surface area contributed by atoms with Gasteiger partial charge in [0.05, 0.1) is 12.5 Å². The van der Waals surface area contributed by atoms with Gasteiger partial charge in [-0.1, -0.05) is 26.0 Å². The van der Waals surface area contributed by atoms with Crippen molar-refractivity contribution in [2.45, 2.75) is 38.0 Å². The molecule has 1 aromatic rings. The topological polar surface area (TPSA) is 64.3 Å². The molecule has 2 rings (SSSR count). The highest BCUT2D eigenvalue weighted by Gasteiger charge is 2.51. The molecule has 0 aromatic heterocycles. The summed E-state index contributed by atoms with van der Waals surface area (Å²) in [5, 5.41) is 0. The second-order valence-electron chi connectivity index (χ2n) is 5.17. The van der Waals surface area contributed by atoms with E-state index in [9.17, 15) is 4.79 Å². The third-order valence-electron chi connectivity index (χ3n) is 3.72. The van der Waals surface area contributed by atoms with Crippen LogP contribution in [0, 0.1) is 0 Å². The van der Waals surface area contributed by atoms with Crippen LogP contribution in [-0.2, 0) is 10.2 Å². The minimum absolute atomic E-state index is 0.0950. The predicted octanol–water partition coefficient (Wildman–Crippen LogP) is 1.84.